The highest BCUT2D eigenvalue weighted by Gasteiger charge is 2.22. The first-order valence-electron chi connectivity index (χ1n) is 7.53. The maximum atomic E-state index is 14.1. The van der Waals surface area contributed by atoms with Gasteiger partial charge >= 0.3 is 5.97 Å². The van der Waals surface area contributed by atoms with Gasteiger partial charge in [-0.2, -0.15) is 4.39 Å². The number of anilines is 1. The quantitative estimate of drug-likeness (QED) is 0.630. The Labute approximate surface area is 130 Å². The summed E-state index contributed by atoms with van der Waals surface area (Å²) in [7, 11) is 0. The maximum absolute atomic E-state index is 14.1. The van der Waals surface area contributed by atoms with E-state index < -0.39 is 11.8 Å². The number of fused-ring (bicyclic) bond motifs is 1. The standard InChI is InChI=1S/C17H22FNO3/c1-5-21-17(20)16(18)12(4)13-6-7-14-15(10-13)22-9-8-19(14)11(2)3/h6-7,10-11H,5,8-9H2,1-4H3. The summed E-state index contributed by atoms with van der Waals surface area (Å²) in [5.74, 6) is -1.07. The van der Waals surface area contributed by atoms with Gasteiger partial charge in [0.15, 0.2) is 0 Å². The minimum Gasteiger partial charge on any atom is -0.490 e. The predicted molar refractivity (Wildman–Crippen MR) is 84.8 cm³/mol. The molecule has 4 nitrogen and oxygen atoms in total. The lowest BCUT2D eigenvalue weighted by Crippen LogP contribution is -2.37. The van der Waals surface area contributed by atoms with Crippen LogP contribution in [0, 0.1) is 0 Å². The number of hydrogen-bond acceptors (Lipinski definition) is 4. The van der Waals surface area contributed by atoms with Crippen LogP contribution in [-0.4, -0.2) is 31.8 Å². The van der Waals surface area contributed by atoms with E-state index in [0.29, 0.717) is 24.0 Å². The lowest BCUT2D eigenvalue weighted by Gasteiger charge is -2.34. The summed E-state index contributed by atoms with van der Waals surface area (Å²) in [5.41, 5.74) is 1.87. The fourth-order valence-corrected chi connectivity index (χ4v) is 2.49. The van der Waals surface area contributed by atoms with Crippen molar-refractivity contribution in [2.24, 2.45) is 0 Å². The van der Waals surface area contributed by atoms with Crippen molar-refractivity contribution in [1.29, 1.82) is 0 Å². The number of carbonyl (C=O) groups excluding carboxylic acids is 1. The average molecular weight is 307 g/mol. The first-order valence-corrected chi connectivity index (χ1v) is 7.53. The molecule has 1 aliphatic rings. The van der Waals surface area contributed by atoms with Crippen molar-refractivity contribution >= 4 is 17.2 Å². The predicted octanol–water partition coefficient (Wildman–Crippen LogP) is 3.56. The molecule has 0 bridgehead atoms. The van der Waals surface area contributed by atoms with E-state index in [1.807, 2.05) is 6.07 Å². The second-order valence-electron chi connectivity index (χ2n) is 5.48. The third-order valence-electron chi connectivity index (χ3n) is 3.70. The Bertz CT molecular complexity index is 596. The molecule has 120 valence electrons. The molecule has 0 aromatic heterocycles. The van der Waals surface area contributed by atoms with Crippen LogP contribution in [0.3, 0.4) is 0 Å². The van der Waals surface area contributed by atoms with Gasteiger partial charge in [0, 0.05) is 6.04 Å². The number of esters is 1. The molecule has 0 saturated carbocycles. The summed E-state index contributed by atoms with van der Waals surface area (Å²) < 4.78 is 24.4. The Morgan fingerprint density at radius 1 is 1.45 bits per heavy atom. The van der Waals surface area contributed by atoms with E-state index in [0.717, 1.165) is 12.2 Å². The molecule has 0 unspecified atom stereocenters. The molecule has 1 aromatic rings. The molecule has 0 saturated heterocycles. The van der Waals surface area contributed by atoms with Gasteiger partial charge in [0.25, 0.3) is 0 Å². The summed E-state index contributed by atoms with van der Waals surface area (Å²) in [6.07, 6.45) is 0. The molecule has 5 heteroatoms. The van der Waals surface area contributed by atoms with Gasteiger partial charge in [0.05, 0.1) is 18.8 Å². The van der Waals surface area contributed by atoms with Crippen LogP contribution in [0.15, 0.2) is 24.0 Å². The first kappa shape index (κ1) is 16.3. The molecule has 0 atom stereocenters. The average Bonchev–Trinajstić information content (AvgIpc) is 2.52. The van der Waals surface area contributed by atoms with Crippen LogP contribution in [0.4, 0.5) is 10.1 Å². The lowest BCUT2D eigenvalue weighted by molar-refractivity contribution is -0.140. The smallest absolute Gasteiger partial charge is 0.367 e. The van der Waals surface area contributed by atoms with E-state index in [9.17, 15) is 9.18 Å². The first-order chi connectivity index (χ1) is 10.5. The van der Waals surface area contributed by atoms with Crippen LogP contribution < -0.4 is 9.64 Å². The van der Waals surface area contributed by atoms with Crippen molar-refractivity contribution in [1.82, 2.24) is 0 Å². The van der Waals surface area contributed by atoms with Gasteiger partial charge in [-0.05, 0) is 51.0 Å². The molecule has 0 fully saturated rings. The number of ether oxygens (including phenoxy) is 2. The highest BCUT2D eigenvalue weighted by Crippen LogP contribution is 2.36. The molecule has 2 rings (SSSR count). The Hall–Kier alpha value is -2.04. The van der Waals surface area contributed by atoms with Gasteiger partial charge in [-0.15, -0.1) is 0 Å². The Morgan fingerprint density at radius 2 is 2.18 bits per heavy atom. The zero-order valence-corrected chi connectivity index (χ0v) is 13.5. The van der Waals surface area contributed by atoms with E-state index in [-0.39, 0.29) is 12.2 Å². The van der Waals surface area contributed by atoms with Crippen LogP contribution in [-0.2, 0) is 9.53 Å². The van der Waals surface area contributed by atoms with Gasteiger partial charge in [0.1, 0.15) is 12.4 Å². The summed E-state index contributed by atoms with van der Waals surface area (Å²) in [5, 5.41) is 0. The Balaban J connectivity index is 2.35. The van der Waals surface area contributed by atoms with Crippen molar-refractivity contribution < 1.29 is 18.7 Å². The number of allylic oxidation sites excluding steroid dienone is 1. The van der Waals surface area contributed by atoms with Crippen LogP contribution in [0.1, 0.15) is 33.3 Å². The minimum absolute atomic E-state index is 0.149. The van der Waals surface area contributed by atoms with Crippen molar-refractivity contribution in [3.8, 4) is 5.75 Å². The van der Waals surface area contributed by atoms with Crippen molar-refractivity contribution in [3.63, 3.8) is 0 Å². The highest BCUT2D eigenvalue weighted by molar-refractivity contribution is 5.95. The van der Waals surface area contributed by atoms with E-state index in [1.54, 1.807) is 26.0 Å². The third kappa shape index (κ3) is 3.24. The maximum Gasteiger partial charge on any atom is 0.367 e. The minimum atomic E-state index is -0.928. The van der Waals surface area contributed by atoms with Crippen LogP contribution in [0.5, 0.6) is 5.75 Å². The zero-order chi connectivity index (χ0) is 16.3. The molecule has 0 amide bonds. The number of halogens is 1. The summed E-state index contributed by atoms with van der Waals surface area (Å²) in [6, 6.07) is 5.85. The molecule has 1 heterocycles. The SMILES string of the molecule is CCOC(=O)C(F)=C(C)c1ccc2c(c1)OCCN2C(C)C. The summed E-state index contributed by atoms with van der Waals surface area (Å²) >= 11 is 0. The number of carbonyl (C=O) groups is 1. The van der Waals surface area contributed by atoms with E-state index in [1.165, 1.54) is 0 Å². The molecule has 0 spiro atoms. The Kier molecular flexibility index (Phi) is 5.06. The molecular formula is C17H22FNO3. The van der Waals surface area contributed by atoms with Crippen LogP contribution in [0.25, 0.3) is 5.57 Å². The lowest BCUT2D eigenvalue weighted by atomic mass is 10.0. The number of nitrogens with zero attached hydrogens (tertiary/aromatic N) is 1. The van der Waals surface area contributed by atoms with Gasteiger partial charge in [-0.1, -0.05) is 6.07 Å². The van der Waals surface area contributed by atoms with Gasteiger partial charge < -0.3 is 14.4 Å². The van der Waals surface area contributed by atoms with Gasteiger partial charge in [-0.3, -0.25) is 0 Å². The van der Waals surface area contributed by atoms with Gasteiger partial charge in [-0.25, -0.2) is 4.79 Å². The molecule has 0 radical (unpaired) electrons. The molecule has 0 N–H and O–H groups in total. The van der Waals surface area contributed by atoms with E-state index >= 15 is 0 Å². The molecular weight excluding hydrogens is 285 g/mol. The number of benzene rings is 1. The zero-order valence-electron chi connectivity index (χ0n) is 13.5. The highest BCUT2D eigenvalue weighted by atomic mass is 19.1. The van der Waals surface area contributed by atoms with Crippen molar-refractivity contribution in [2.45, 2.75) is 33.7 Å². The number of hydrogen-bond donors (Lipinski definition) is 0. The molecule has 1 aromatic carbocycles. The van der Waals surface area contributed by atoms with Crippen LogP contribution >= 0.6 is 0 Å². The third-order valence-corrected chi connectivity index (χ3v) is 3.70. The molecule has 22 heavy (non-hydrogen) atoms. The van der Waals surface area contributed by atoms with Crippen molar-refractivity contribution in [2.75, 3.05) is 24.7 Å². The fraction of sp³-hybridized carbons (Fsp3) is 0.471. The summed E-state index contributed by atoms with van der Waals surface area (Å²) in [4.78, 5) is 13.7. The molecule has 0 aliphatic carbocycles. The second kappa shape index (κ2) is 6.81. The number of rotatable bonds is 4. The molecule has 1 aliphatic heterocycles. The monoisotopic (exact) mass is 307 g/mol. The van der Waals surface area contributed by atoms with Crippen molar-refractivity contribution in [3.05, 3.63) is 29.6 Å². The topological polar surface area (TPSA) is 38.8 Å². The fourth-order valence-electron chi connectivity index (χ4n) is 2.49. The van der Waals surface area contributed by atoms with Crippen LogP contribution in [0.2, 0.25) is 0 Å². The van der Waals surface area contributed by atoms with E-state index in [4.69, 9.17) is 9.47 Å². The van der Waals surface area contributed by atoms with Gasteiger partial charge in [0.2, 0.25) is 5.83 Å². The largest absolute Gasteiger partial charge is 0.490 e. The normalized spacial score (nSPS) is 15.1. The second-order valence-corrected chi connectivity index (χ2v) is 5.48. The van der Waals surface area contributed by atoms with E-state index in [2.05, 4.69) is 18.7 Å². The summed E-state index contributed by atoms with van der Waals surface area (Å²) in [6.45, 7) is 9.03. The Morgan fingerprint density at radius 3 is 2.82 bits per heavy atom.